The second-order valence-corrected chi connectivity index (χ2v) is 5.58. The molecule has 2 aromatic rings. The lowest BCUT2D eigenvalue weighted by Crippen LogP contribution is -2.21. The molecule has 0 aromatic heterocycles. The Morgan fingerprint density at radius 2 is 1.85 bits per heavy atom. The minimum Gasteiger partial charge on any atom is -0.479 e. The first-order valence-corrected chi connectivity index (χ1v) is 7.14. The molecule has 5 heteroatoms. The van der Waals surface area contributed by atoms with E-state index in [0.717, 1.165) is 16.7 Å². The van der Waals surface area contributed by atoms with E-state index in [1.807, 2.05) is 0 Å². The van der Waals surface area contributed by atoms with Crippen molar-refractivity contribution in [1.29, 1.82) is 0 Å². The molecule has 1 unspecified atom stereocenters. The molecule has 104 valence electrons. The largest absolute Gasteiger partial charge is 0.479 e. The monoisotopic (exact) mass is 310 g/mol. The van der Waals surface area contributed by atoms with Crippen molar-refractivity contribution in [3.63, 3.8) is 0 Å². The van der Waals surface area contributed by atoms with Gasteiger partial charge in [-0.3, -0.25) is 4.79 Å². The van der Waals surface area contributed by atoms with Gasteiger partial charge in [0.2, 0.25) is 5.12 Å². The molecule has 0 aliphatic carbocycles. The second-order valence-electron chi connectivity index (χ2n) is 4.07. The summed E-state index contributed by atoms with van der Waals surface area (Å²) in [6.45, 7) is 1.59. The molecule has 2 rings (SSSR count). The highest BCUT2D eigenvalue weighted by atomic mass is 35.5. The lowest BCUT2D eigenvalue weighted by Gasteiger charge is -2.13. The molecule has 20 heavy (non-hydrogen) atoms. The number of ether oxygens (including phenoxy) is 1. The number of hydrogen-bond acceptors (Lipinski definition) is 3. The van der Waals surface area contributed by atoms with Crippen molar-refractivity contribution in [3.05, 3.63) is 59.4 Å². The van der Waals surface area contributed by atoms with Crippen LogP contribution in [0.4, 0.5) is 4.39 Å². The predicted molar refractivity (Wildman–Crippen MR) is 78.8 cm³/mol. The zero-order valence-electron chi connectivity index (χ0n) is 10.7. The topological polar surface area (TPSA) is 26.3 Å². The van der Waals surface area contributed by atoms with E-state index >= 15 is 0 Å². The van der Waals surface area contributed by atoms with Gasteiger partial charge in [0.05, 0.1) is 0 Å². The molecule has 0 fully saturated rings. The van der Waals surface area contributed by atoms with Gasteiger partial charge in [-0.25, -0.2) is 4.39 Å². The molecule has 0 aliphatic heterocycles. The van der Waals surface area contributed by atoms with Crippen LogP contribution in [-0.4, -0.2) is 11.2 Å². The van der Waals surface area contributed by atoms with Crippen LogP contribution in [0.5, 0.6) is 5.75 Å². The zero-order chi connectivity index (χ0) is 14.5. The quantitative estimate of drug-likeness (QED) is 0.774. The maximum absolute atomic E-state index is 13.4. The Kier molecular flexibility index (Phi) is 5.04. The number of para-hydroxylation sites is 1. The predicted octanol–water partition coefficient (Wildman–Crippen LogP) is 4.57. The maximum Gasteiger partial charge on any atom is 0.233 e. The average molecular weight is 311 g/mol. The fourth-order valence-electron chi connectivity index (χ4n) is 1.48. The van der Waals surface area contributed by atoms with Gasteiger partial charge in [-0.15, -0.1) is 0 Å². The van der Waals surface area contributed by atoms with E-state index < -0.39 is 11.9 Å². The number of benzene rings is 2. The third-order valence-corrected chi connectivity index (χ3v) is 3.80. The average Bonchev–Trinajstić information content (AvgIpc) is 2.44. The zero-order valence-corrected chi connectivity index (χ0v) is 12.2. The molecule has 0 spiro atoms. The Hall–Kier alpha value is -1.52. The van der Waals surface area contributed by atoms with Gasteiger partial charge < -0.3 is 4.74 Å². The molecule has 0 heterocycles. The maximum atomic E-state index is 13.4. The molecule has 2 aromatic carbocycles. The summed E-state index contributed by atoms with van der Waals surface area (Å²) in [6, 6.07) is 12.9. The van der Waals surface area contributed by atoms with E-state index in [9.17, 15) is 9.18 Å². The summed E-state index contributed by atoms with van der Waals surface area (Å²) in [5, 5.41) is 0.410. The first-order valence-electron chi connectivity index (χ1n) is 5.94. The number of rotatable bonds is 4. The van der Waals surface area contributed by atoms with Gasteiger partial charge >= 0.3 is 0 Å². The SMILES string of the molecule is CC(Oc1ccccc1F)C(=O)Sc1ccc(Cl)cc1. The smallest absolute Gasteiger partial charge is 0.233 e. The van der Waals surface area contributed by atoms with E-state index in [1.165, 1.54) is 12.1 Å². The highest BCUT2D eigenvalue weighted by Gasteiger charge is 2.17. The van der Waals surface area contributed by atoms with Crippen molar-refractivity contribution in [1.82, 2.24) is 0 Å². The third-order valence-electron chi connectivity index (χ3n) is 2.50. The Morgan fingerprint density at radius 1 is 1.20 bits per heavy atom. The van der Waals surface area contributed by atoms with Gasteiger partial charge in [-0.1, -0.05) is 23.7 Å². The summed E-state index contributed by atoms with van der Waals surface area (Å²) in [4.78, 5) is 12.8. The normalized spacial score (nSPS) is 11.9. The van der Waals surface area contributed by atoms with Crippen LogP contribution in [0, 0.1) is 5.82 Å². The standard InChI is InChI=1S/C15H12ClFO2S/c1-10(19-14-5-3-2-4-13(14)17)15(18)20-12-8-6-11(16)7-9-12/h2-10H,1H3. The van der Waals surface area contributed by atoms with Crippen LogP contribution in [0.25, 0.3) is 0 Å². The fourth-order valence-corrected chi connectivity index (χ4v) is 2.33. The first kappa shape index (κ1) is 14.9. The number of halogens is 2. The lowest BCUT2D eigenvalue weighted by atomic mass is 10.3. The molecule has 0 saturated heterocycles. The van der Waals surface area contributed by atoms with Gasteiger partial charge in [0.1, 0.15) is 0 Å². The molecule has 2 nitrogen and oxygen atoms in total. The van der Waals surface area contributed by atoms with Crippen molar-refractivity contribution in [2.45, 2.75) is 17.9 Å². The minimum atomic E-state index is -0.743. The van der Waals surface area contributed by atoms with Crippen LogP contribution in [-0.2, 0) is 4.79 Å². The van der Waals surface area contributed by atoms with Gasteiger partial charge in [0, 0.05) is 9.92 Å². The molecule has 1 atom stereocenters. The van der Waals surface area contributed by atoms with Crippen molar-refractivity contribution >= 4 is 28.5 Å². The van der Waals surface area contributed by atoms with Crippen LogP contribution in [0.2, 0.25) is 5.02 Å². The van der Waals surface area contributed by atoms with Gasteiger partial charge in [0.25, 0.3) is 0 Å². The first-order chi connectivity index (χ1) is 9.56. The molecule has 0 saturated carbocycles. The van der Waals surface area contributed by atoms with E-state index in [4.69, 9.17) is 16.3 Å². The Bertz CT molecular complexity index is 601. The van der Waals surface area contributed by atoms with Gasteiger partial charge in [0.15, 0.2) is 17.7 Å². The van der Waals surface area contributed by atoms with Gasteiger partial charge in [-0.2, -0.15) is 0 Å². The summed E-state index contributed by atoms with van der Waals surface area (Å²) >= 11 is 6.82. The lowest BCUT2D eigenvalue weighted by molar-refractivity contribution is -0.116. The third kappa shape index (κ3) is 3.99. The second kappa shape index (κ2) is 6.77. The van der Waals surface area contributed by atoms with Gasteiger partial charge in [-0.05, 0) is 55.1 Å². The van der Waals surface area contributed by atoms with E-state index in [2.05, 4.69) is 0 Å². The number of carbonyl (C=O) groups excluding carboxylic acids is 1. The van der Waals surface area contributed by atoms with Crippen LogP contribution < -0.4 is 4.74 Å². The summed E-state index contributed by atoms with van der Waals surface area (Å²) in [7, 11) is 0. The number of thioether (sulfide) groups is 1. The summed E-state index contributed by atoms with van der Waals surface area (Å²) in [6.07, 6.45) is -0.743. The molecule has 0 aliphatic rings. The van der Waals surface area contributed by atoms with E-state index in [1.54, 1.807) is 43.3 Å². The summed E-state index contributed by atoms with van der Waals surface area (Å²) in [5.41, 5.74) is 0. The summed E-state index contributed by atoms with van der Waals surface area (Å²) < 4.78 is 18.8. The Balaban J connectivity index is 1.99. The van der Waals surface area contributed by atoms with Crippen LogP contribution in [0.15, 0.2) is 53.4 Å². The van der Waals surface area contributed by atoms with Crippen molar-refractivity contribution in [2.75, 3.05) is 0 Å². The molecule has 0 radical (unpaired) electrons. The van der Waals surface area contributed by atoms with Crippen LogP contribution >= 0.6 is 23.4 Å². The van der Waals surface area contributed by atoms with Crippen molar-refractivity contribution in [3.8, 4) is 5.75 Å². The summed E-state index contributed by atoms with van der Waals surface area (Å²) in [5.74, 6) is -0.409. The molecule has 0 bridgehead atoms. The Morgan fingerprint density at radius 3 is 2.50 bits per heavy atom. The van der Waals surface area contributed by atoms with E-state index in [0.29, 0.717) is 5.02 Å². The van der Waals surface area contributed by atoms with Crippen molar-refractivity contribution in [2.24, 2.45) is 0 Å². The number of carbonyl (C=O) groups is 1. The van der Waals surface area contributed by atoms with E-state index in [-0.39, 0.29) is 10.9 Å². The molecule has 0 amide bonds. The molecular formula is C15H12ClFO2S. The number of hydrogen-bond donors (Lipinski definition) is 0. The minimum absolute atomic E-state index is 0.0741. The Labute approximate surface area is 125 Å². The van der Waals surface area contributed by atoms with Crippen LogP contribution in [0.1, 0.15) is 6.92 Å². The highest BCUT2D eigenvalue weighted by molar-refractivity contribution is 8.13. The fraction of sp³-hybridized carbons (Fsp3) is 0.133. The highest BCUT2D eigenvalue weighted by Crippen LogP contribution is 2.24. The van der Waals surface area contributed by atoms with Crippen LogP contribution in [0.3, 0.4) is 0 Å². The van der Waals surface area contributed by atoms with Crippen molar-refractivity contribution < 1.29 is 13.9 Å². The molecular weight excluding hydrogens is 299 g/mol. The molecule has 0 N–H and O–H groups in total.